The van der Waals surface area contributed by atoms with E-state index < -0.39 is 0 Å². The van der Waals surface area contributed by atoms with Crippen molar-refractivity contribution in [3.8, 4) is 0 Å². The number of hydrogen-bond donors (Lipinski definition) is 2. The third kappa shape index (κ3) is 1.73. The number of nitrogens with zero attached hydrogens (tertiary/aromatic N) is 1. The van der Waals surface area contributed by atoms with Gasteiger partial charge in [0.15, 0.2) is 0 Å². The maximum atomic E-state index is 11.0. The predicted octanol–water partition coefficient (Wildman–Crippen LogP) is -0.651. The van der Waals surface area contributed by atoms with E-state index in [2.05, 4.69) is 10.4 Å². The Balaban J connectivity index is 2.84. The largest absolute Gasteiger partial charge is 0.363 e. The van der Waals surface area contributed by atoms with Gasteiger partial charge in [-0.25, -0.2) is 0 Å². The van der Waals surface area contributed by atoms with E-state index in [4.69, 9.17) is 4.74 Å². The van der Waals surface area contributed by atoms with Crippen molar-refractivity contribution in [1.82, 2.24) is 9.78 Å². The van der Waals surface area contributed by atoms with Crippen LogP contribution < -0.4 is 10.9 Å². The highest BCUT2D eigenvalue weighted by Crippen LogP contribution is 1.95. The number of hydrogen-bond acceptors (Lipinski definition) is 3. The van der Waals surface area contributed by atoms with Crippen LogP contribution in [-0.2, 0) is 16.3 Å². The molecule has 6 heteroatoms. The van der Waals surface area contributed by atoms with Crippen molar-refractivity contribution in [2.24, 2.45) is 0 Å². The highest BCUT2D eigenvalue weighted by molar-refractivity contribution is 5.69. The monoisotopic (exact) mass is 171 g/mol. The molecule has 0 aliphatic heterocycles. The fraction of sp³-hybridized carbons (Fsp3) is 0.333. The van der Waals surface area contributed by atoms with Crippen LogP contribution in [0.5, 0.6) is 0 Å². The van der Waals surface area contributed by atoms with Crippen LogP contribution in [0.3, 0.4) is 0 Å². The summed E-state index contributed by atoms with van der Waals surface area (Å²) in [7, 11) is 1.51. The molecule has 0 spiro atoms. The van der Waals surface area contributed by atoms with Gasteiger partial charge in [-0.15, -0.1) is 0 Å². The maximum Gasteiger partial charge on any atom is 0.287 e. The van der Waals surface area contributed by atoms with Crippen LogP contribution in [0.2, 0.25) is 0 Å². The number of H-pyrrole nitrogens is 1. The molecule has 0 aliphatic rings. The Morgan fingerprint density at radius 2 is 2.58 bits per heavy atom. The molecule has 66 valence electrons. The quantitative estimate of drug-likeness (QED) is 0.591. The van der Waals surface area contributed by atoms with Gasteiger partial charge in [-0.3, -0.25) is 19.4 Å². The van der Waals surface area contributed by atoms with Gasteiger partial charge in [-0.1, -0.05) is 0 Å². The summed E-state index contributed by atoms with van der Waals surface area (Å²) >= 11 is 0. The molecule has 0 saturated heterocycles. The van der Waals surface area contributed by atoms with Gasteiger partial charge >= 0.3 is 0 Å². The lowest BCUT2D eigenvalue weighted by atomic mass is 10.6. The Kier molecular flexibility index (Phi) is 2.65. The average molecular weight is 171 g/mol. The van der Waals surface area contributed by atoms with Gasteiger partial charge < -0.3 is 10.1 Å². The lowest BCUT2D eigenvalue weighted by molar-refractivity contribution is -0.105. The summed E-state index contributed by atoms with van der Waals surface area (Å²) in [4.78, 5) is 20.9. The van der Waals surface area contributed by atoms with Gasteiger partial charge in [-0.2, -0.15) is 0 Å². The summed E-state index contributed by atoms with van der Waals surface area (Å²) in [6.45, 7) is 0.246. The Labute approximate surface area is 68.1 Å². The Morgan fingerprint density at radius 3 is 3.17 bits per heavy atom. The number of carbonyl (C=O) groups is 1. The van der Waals surface area contributed by atoms with E-state index in [1.807, 2.05) is 0 Å². The Hall–Kier alpha value is -1.56. The molecule has 0 fully saturated rings. The number of nitrogens with one attached hydrogen (secondary N) is 2. The molecule has 1 rings (SSSR count). The van der Waals surface area contributed by atoms with Crippen LogP contribution in [0.1, 0.15) is 0 Å². The first-order valence-electron chi connectivity index (χ1n) is 3.26. The standard InChI is InChI=1S/C6H9N3O3/c1-12-4-9-2-5(7-3-10)6(11)8-9/h2-3H,4H2,1H3,(H,7,10)(H,8,11). The average Bonchev–Trinajstić information content (AvgIpc) is 2.34. The molecular formula is C6H9N3O3. The van der Waals surface area contributed by atoms with Crippen LogP contribution in [0.25, 0.3) is 0 Å². The molecule has 0 aromatic carbocycles. The van der Waals surface area contributed by atoms with E-state index in [-0.39, 0.29) is 18.0 Å². The second-order valence-corrected chi connectivity index (χ2v) is 2.13. The molecular weight excluding hydrogens is 162 g/mol. The number of aromatic amines is 1. The van der Waals surface area contributed by atoms with Crippen LogP contribution in [0.15, 0.2) is 11.0 Å². The van der Waals surface area contributed by atoms with Gasteiger partial charge in [0.2, 0.25) is 6.41 Å². The molecule has 1 aromatic heterocycles. The molecule has 0 saturated carbocycles. The maximum absolute atomic E-state index is 11.0. The summed E-state index contributed by atoms with van der Waals surface area (Å²) in [5.41, 5.74) is -0.138. The minimum atomic E-state index is -0.348. The SMILES string of the molecule is COCn1cc(NC=O)c(=O)[nH]1. The molecule has 0 radical (unpaired) electrons. The number of rotatable bonds is 4. The molecule has 0 unspecified atom stereocenters. The number of carbonyl (C=O) groups excluding carboxylic acids is 1. The predicted molar refractivity (Wildman–Crippen MR) is 41.7 cm³/mol. The molecule has 1 aromatic rings. The van der Waals surface area contributed by atoms with Crippen molar-refractivity contribution >= 4 is 12.1 Å². The van der Waals surface area contributed by atoms with Crippen LogP contribution in [0, 0.1) is 0 Å². The molecule has 0 bridgehead atoms. The zero-order chi connectivity index (χ0) is 8.97. The van der Waals surface area contributed by atoms with E-state index in [1.165, 1.54) is 18.0 Å². The second-order valence-electron chi connectivity index (χ2n) is 2.13. The first kappa shape index (κ1) is 8.54. The summed E-state index contributed by atoms with van der Waals surface area (Å²) in [5, 5.41) is 4.70. The highest BCUT2D eigenvalue weighted by atomic mass is 16.5. The normalized spacial score (nSPS) is 9.75. The van der Waals surface area contributed by atoms with Crippen molar-refractivity contribution in [2.45, 2.75) is 6.73 Å². The molecule has 12 heavy (non-hydrogen) atoms. The van der Waals surface area contributed by atoms with Crippen molar-refractivity contribution in [1.29, 1.82) is 0 Å². The van der Waals surface area contributed by atoms with Gasteiger partial charge in [0.1, 0.15) is 12.4 Å². The van der Waals surface area contributed by atoms with Crippen molar-refractivity contribution in [3.63, 3.8) is 0 Å². The van der Waals surface area contributed by atoms with Gasteiger partial charge in [0.25, 0.3) is 5.56 Å². The summed E-state index contributed by atoms with van der Waals surface area (Å²) in [6.07, 6.45) is 1.90. The smallest absolute Gasteiger partial charge is 0.287 e. The zero-order valence-electron chi connectivity index (χ0n) is 6.53. The van der Waals surface area contributed by atoms with Gasteiger partial charge in [-0.05, 0) is 0 Å². The first-order valence-corrected chi connectivity index (χ1v) is 3.26. The van der Waals surface area contributed by atoms with Crippen molar-refractivity contribution < 1.29 is 9.53 Å². The summed E-state index contributed by atoms with van der Waals surface area (Å²) in [5.74, 6) is 0. The molecule has 1 amide bonds. The Bertz CT molecular complexity index is 314. The number of aromatic nitrogens is 2. The molecule has 2 N–H and O–H groups in total. The second kappa shape index (κ2) is 3.72. The van der Waals surface area contributed by atoms with E-state index in [1.54, 1.807) is 0 Å². The number of anilines is 1. The van der Waals surface area contributed by atoms with E-state index >= 15 is 0 Å². The molecule has 0 atom stereocenters. The van der Waals surface area contributed by atoms with Gasteiger partial charge in [0, 0.05) is 7.11 Å². The fourth-order valence-corrected chi connectivity index (χ4v) is 0.812. The highest BCUT2D eigenvalue weighted by Gasteiger charge is 2.00. The number of amides is 1. The minimum Gasteiger partial charge on any atom is -0.363 e. The minimum absolute atomic E-state index is 0.210. The molecule has 0 aliphatic carbocycles. The van der Waals surface area contributed by atoms with E-state index in [9.17, 15) is 9.59 Å². The van der Waals surface area contributed by atoms with Crippen LogP contribution >= 0.6 is 0 Å². The molecule has 1 heterocycles. The third-order valence-electron chi connectivity index (χ3n) is 1.26. The fourth-order valence-electron chi connectivity index (χ4n) is 0.812. The number of methoxy groups -OCH3 is 1. The van der Waals surface area contributed by atoms with Crippen molar-refractivity contribution in [2.75, 3.05) is 12.4 Å². The van der Waals surface area contributed by atoms with Crippen molar-refractivity contribution in [3.05, 3.63) is 16.6 Å². The van der Waals surface area contributed by atoms with E-state index in [0.717, 1.165) is 0 Å². The first-order chi connectivity index (χ1) is 5.77. The van der Waals surface area contributed by atoms with Crippen LogP contribution in [-0.4, -0.2) is 23.3 Å². The summed E-state index contributed by atoms with van der Waals surface area (Å²) in [6, 6.07) is 0. The topological polar surface area (TPSA) is 76.1 Å². The zero-order valence-corrected chi connectivity index (χ0v) is 6.53. The lowest BCUT2D eigenvalue weighted by Crippen LogP contribution is -2.09. The van der Waals surface area contributed by atoms with Crippen LogP contribution in [0.4, 0.5) is 5.69 Å². The third-order valence-corrected chi connectivity index (χ3v) is 1.26. The molecule has 6 nitrogen and oxygen atoms in total. The van der Waals surface area contributed by atoms with E-state index in [0.29, 0.717) is 6.41 Å². The number of ether oxygens (including phenoxy) is 1. The Morgan fingerprint density at radius 1 is 1.83 bits per heavy atom. The lowest BCUT2D eigenvalue weighted by Gasteiger charge is -1.96. The van der Waals surface area contributed by atoms with Gasteiger partial charge in [0.05, 0.1) is 6.20 Å². The summed E-state index contributed by atoms with van der Waals surface area (Å²) < 4.78 is 6.18.